The molecule has 1 aliphatic heterocycles. The van der Waals surface area contributed by atoms with Crippen molar-refractivity contribution >= 4 is 5.78 Å². The average Bonchev–Trinajstić information content (AvgIpc) is 3.01. The summed E-state index contributed by atoms with van der Waals surface area (Å²) < 4.78 is 32.9. The molecule has 5 nitrogen and oxygen atoms in total. The van der Waals surface area contributed by atoms with Gasteiger partial charge in [-0.2, -0.15) is 0 Å². The van der Waals surface area contributed by atoms with Crippen molar-refractivity contribution in [3.63, 3.8) is 0 Å². The number of para-hydroxylation sites is 3. The molecule has 1 atom stereocenters. The highest BCUT2D eigenvalue weighted by Crippen LogP contribution is 2.31. The van der Waals surface area contributed by atoms with E-state index < -0.39 is 5.82 Å². The summed E-state index contributed by atoms with van der Waals surface area (Å²) in [6.45, 7) is 4.61. The Morgan fingerprint density at radius 2 is 1.86 bits per heavy atom. The van der Waals surface area contributed by atoms with Gasteiger partial charge in [0.1, 0.15) is 6.61 Å². The fourth-order valence-corrected chi connectivity index (χ4v) is 3.50. The Morgan fingerprint density at radius 1 is 1.14 bits per heavy atom. The second-order valence-corrected chi connectivity index (χ2v) is 7.04. The van der Waals surface area contributed by atoms with Gasteiger partial charge < -0.3 is 18.8 Å². The first-order valence-corrected chi connectivity index (χ1v) is 9.48. The topological polar surface area (TPSA) is 49.7 Å². The molecular weight excluding hydrogens is 373 g/mol. The van der Waals surface area contributed by atoms with E-state index in [2.05, 4.69) is 0 Å². The number of ketones is 1. The lowest BCUT2D eigenvalue weighted by Crippen LogP contribution is -2.33. The highest BCUT2D eigenvalue weighted by atomic mass is 19.1. The first-order chi connectivity index (χ1) is 14.0. The zero-order valence-corrected chi connectivity index (χ0v) is 16.4. The van der Waals surface area contributed by atoms with E-state index in [1.165, 1.54) is 12.1 Å². The molecule has 0 saturated carbocycles. The number of hydrogen-bond donors (Lipinski definition) is 0. The summed E-state index contributed by atoms with van der Waals surface area (Å²) >= 11 is 0. The monoisotopic (exact) mass is 395 g/mol. The van der Waals surface area contributed by atoms with Crippen molar-refractivity contribution in [2.75, 3.05) is 13.2 Å². The predicted molar refractivity (Wildman–Crippen MR) is 106 cm³/mol. The highest BCUT2D eigenvalue weighted by Gasteiger charge is 2.24. The van der Waals surface area contributed by atoms with Crippen molar-refractivity contribution in [2.45, 2.75) is 26.5 Å². The minimum Gasteiger partial charge on any atom is -0.486 e. The SMILES string of the molecule is Cc1cc(C(=O)COc2ccccc2F)c(C)n1C[C@@H]1COc2ccccc2O1. The molecule has 0 bridgehead atoms. The number of carbonyl (C=O) groups excluding carboxylic acids is 1. The van der Waals surface area contributed by atoms with Crippen LogP contribution in [0.15, 0.2) is 54.6 Å². The summed E-state index contributed by atoms with van der Waals surface area (Å²) in [6.07, 6.45) is -0.160. The van der Waals surface area contributed by atoms with Crippen molar-refractivity contribution in [2.24, 2.45) is 0 Å². The van der Waals surface area contributed by atoms with Gasteiger partial charge in [0.15, 0.2) is 35.8 Å². The number of halogens is 1. The van der Waals surface area contributed by atoms with Crippen LogP contribution in [0.2, 0.25) is 0 Å². The van der Waals surface area contributed by atoms with E-state index in [1.54, 1.807) is 12.1 Å². The number of rotatable bonds is 6. The Kier molecular flexibility index (Phi) is 5.25. The molecule has 0 amide bonds. The maximum absolute atomic E-state index is 13.7. The highest BCUT2D eigenvalue weighted by molar-refractivity contribution is 5.98. The first kappa shape index (κ1) is 19.1. The zero-order chi connectivity index (χ0) is 20.4. The van der Waals surface area contributed by atoms with E-state index in [4.69, 9.17) is 14.2 Å². The van der Waals surface area contributed by atoms with Gasteiger partial charge in [0.05, 0.1) is 6.54 Å². The van der Waals surface area contributed by atoms with Crippen molar-refractivity contribution < 1.29 is 23.4 Å². The van der Waals surface area contributed by atoms with Crippen molar-refractivity contribution in [3.05, 3.63) is 77.4 Å². The molecule has 0 aliphatic carbocycles. The van der Waals surface area contributed by atoms with Gasteiger partial charge in [-0.15, -0.1) is 0 Å². The molecule has 1 aliphatic rings. The quantitative estimate of drug-likeness (QED) is 0.583. The molecule has 29 heavy (non-hydrogen) atoms. The van der Waals surface area contributed by atoms with Crippen LogP contribution < -0.4 is 14.2 Å². The zero-order valence-electron chi connectivity index (χ0n) is 16.4. The molecule has 1 aromatic heterocycles. The molecule has 2 heterocycles. The molecular formula is C23H22FNO4. The maximum Gasteiger partial charge on any atom is 0.202 e. The maximum atomic E-state index is 13.7. The number of aromatic nitrogens is 1. The molecule has 4 rings (SSSR count). The third kappa shape index (κ3) is 3.97. The Hall–Kier alpha value is -3.28. The van der Waals surface area contributed by atoms with Gasteiger partial charge in [-0.1, -0.05) is 24.3 Å². The van der Waals surface area contributed by atoms with Crippen LogP contribution in [0.3, 0.4) is 0 Å². The smallest absolute Gasteiger partial charge is 0.202 e. The molecule has 0 saturated heterocycles. The lowest BCUT2D eigenvalue weighted by atomic mass is 10.1. The van der Waals surface area contributed by atoms with Crippen LogP contribution >= 0.6 is 0 Å². The number of nitrogens with zero attached hydrogens (tertiary/aromatic N) is 1. The largest absolute Gasteiger partial charge is 0.486 e. The summed E-state index contributed by atoms with van der Waals surface area (Å²) in [7, 11) is 0. The van der Waals surface area contributed by atoms with Crippen LogP contribution in [0.25, 0.3) is 0 Å². The molecule has 150 valence electrons. The first-order valence-electron chi connectivity index (χ1n) is 9.48. The Bertz CT molecular complexity index is 1040. The summed E-state index contributed by atoms with van der Waals surface area (Å²) in [5.41, 5.74) is 2.34. The van der Waals surface area contributed by atoms with E-state index in [9.17, 15) is 9.18 Å². The van der Waals surface area contributed by atoms with Crippen LogP contribution in [0.4, 0.5) is 4.39 Å². The van der Waals surface area contributed by atoms with Gasteiger partial charge in [-0.25, -0.2) is 4.39 Å². The third-order valence-corrected chi connectivity index (χ3v) is 5.02. The fraction of sp³-hybridized carbons (Fsp3) is 0.261. The number of Topliss-reactive ketones (excluding diaryl/α,β-unsaturated/α-hetero) is 1. The van der Waals surface area contributed by atoms with Crippen LogP contribution in [-0.4, -0.2) is 29.7 Å². The Morgan fingerprint density at radius 3 is 2.66 bits per heavy atom. The minimum absolute atomic E-state index is 0.0704. The van der Waals surface area contributed by atoms with Crippen molar-refractivity contribution in [1.29, 1.82) is 0 Å². The van der Waals surface area contributed by atoms with Gasteiger partial charge in [0, 0.05) is 17.0 Å². The number of benzene rings is 2. The standard InChI is InChI=1S/C23H22FNO4/c1-15-11-18(20(26)14-28-21-8-4-3-7-19(21)24)16(2)25(15)12-17-13-27-22-9-5-6-10-23(22)29-17/h3-11,17H,12-14H2,1-2H3/t17-/m1/s1. The Balaban J connectivity index is 1.45. The van der Waals surface area contributed by atoms with E-state index in [0.29, 0.717) is 18.7 Å². The van der Waals surface area contributed by atoms with Crippen LogP contribution in [0.1, 0.15) is 21.7 Å². The molecule has 6 heteroatoms. The molecule has 3 aromatic rings. The summed E-state index contributed by atoms with van der Waals surface area (Å²) in [6, 6.07) is 15.5. The van der Waals surface area contributed by atoms with E-state index >= 15 is 0 Å². The van der Waals surface area contributed by atoms with Gasteiger partial charge in [-0.3, -0.25) is 4.79 Å². The molecule has 0 radical (unpaired) electrons. The van der Waals surface area contributed by atoms with Gasteiger partial charge in [0.2, 0.25) is 5.78 Å². The molecule has 0 fully saturated rings. The second-order valence-electron chi connectivity index (χ2n) is 7.04. The molecule has 0 spiro atoms. The lowest BCUT2D eigenvalue weighted by molar-refractivity contribution is 0.0777. The van der Waals surface area contributed by atoms with E-state index in [0.717, 1.165) is 22.9 Å². The van der Waals surface area contributed by atoms with Crippen LogP contribution in [-0.2, 0) is 6.54 Å². The molecule has 0 unspecified atom stereocenters. The molecule has 2 aromatic carbocycles. The summed E-state index contributed by atoms with van der Waals surface area (Å²) in [4.78, 5) is 12.7. The fourth-order valence-electron chi connectivity index (χ4n) is 3.50. The number of ether oxygens (including phenoxy) is 3. The van der Waals surface area contributed by atoms with Gasteiger partial charge in [-0.05, 0) is 44.2 Å². The third-order valence-electron chi connectivity index (χ3n) is 5.02. The van der Waals surface area contributed by atoms with Crippen molar-refractivity contribution in [1.82, 2.24) is 4.57 Å². The van der Waals surface area contributed by atoms with E-state index in [1.807, 2.05) is 48.7 Å². The molecule has 0 N–H and O–H groups in total. The van der Waals surface area contributed by atoms with Crippen molar-refractivity contribution in [3.8, 4) is 17.2 Å². The Labute approximate surface area is 168 Å². The van der Waals surface area contributed by atoms with Gasteiger partial charge >= 0.3 is 0 Å². The average molecular weight is 395 g/mol. The lowest BCUT2D eigenvalue weighted by Gasteiger charge is -2.27. The second kappa shape index (κ2) is 7.99. The summed E-state index contributed by atoms with van der Waals surface area (Å²) in [5.74, 6) is 0.854. The number of hydrogen-bond acceptors (Lipinski definition) is 4. The number of aryl methyl sites for hydroxylation is 1. The number of carbonyl (C=O) groups is 1. The van der Waals surface area contributed by atoms with Gasteiger partial charge in [0.25, 0.3) is 0 Å². The number of fused-ring (bicyclic) bond motifs is 1. The summed E-state index contributed by atoms with van der Waals surface area (Å²) in [5, 5.41) is 0. The predicted octanol–water partition coefficient (Wildman–Crippen LogP) is 4.35. The van der Waals surface area contributed by atoms with Crippen LogP contribution in [0.5, 0.6) is 17.2 Å². The van der Waals surface area contributed by atoms with E-state index in [-0.39, 0.29) is 24.2 Å². The minimum atomic E-state index is -0.486. The normalized spacial score (nSPS) is 15.2. The van der Waals surface area contributed by atoms with Crippen LogP contribution in [0, 0.1) is 19.7 Å².